The summed E-state index contributed by atoms with van der Waals surface area (Å²) >= 11 is 0. The maximum atomic E-state index is 12.3. The Morgan fingerprint density at radius 1 is 1.29 bits per heavy atom. The third kappa shape index (κ3) is 3.93. The van der Waals surface area contributed by atoms with Crippen molar-refractivity contribution >= 4 is 10.0 Å². The molecule has 0 spiro atoms. The predicted molar refractivity (Wildman–Crippen MR) is 81.1 cm³/mol. The van der Waals surface area contributed by atoms with E-state index >= 15 is 0 Å². The van der Waals surface area contributed by atoms with Gasteiger partial charge in [-0.05, 0) is 43.2 Å². The summed E-state index contributed by atoms with van der Waals surface area (Å²) in [5, 5.41) is 0. The lowest BCUT2D eigenvalue weighted by atomic mass is 10.1. The summed E-state index contributed by atoms with van der Waals surface area (Å²) < 4.78 is 32.4. The zero-order valence-corrected chi connectivity index (χ0v) is 13.0. The number of nitrogens with one attached hydrogen (secondary N) is 1. The summed E-state index contributed by atoms with van der Waals surface area (Å²) in [6.07, 6.45) is 0.753. The van der Waals surface area contributed by atoms with E-state index < -0.39 is 10.0 Å². The normalized spacial score (nSPS) is 13.3. The summed E-state index contributed by atoms with van der Waals surface area (Å²) in [6, 6.07) is 10.1. The van der Waals surface area contributed by atoms with E-state index in [9.17, 15) is 8.42 Å². The van der Waals surface area contributed by atoms with Crippen molar-refractivity contribution in [3.63, 3.8) is 0 Å². The molecule has 3 N–H and O–H groups in total. The van der Waals surface area contributed by atoms with Crippen molar-refractivity contribution in [2.24, 2.45) is 5.73 Å². The molecule has 21 heavy (non-hydrogen) atoms. The van der Waals surface area contributed by atoms with Gasteiger partial charge >= 0.3 is 0 Å². The number of benzene rings is 1. The molecular weight excluding hydrogens is 288 g/mol. The summed E-state index contributed by atoms with van der Waals surface area (Å²) in [5.41, 5.74) is 6.76. The number of rotatable bonds is 6. The van der Waals surface area contributed by atoms with Crippen molar-refractivity contribution in [2.75, 3.05) is 0 Å². The van der Waals surface area contributed by atoms with Gasteiger partial charge in [-0.2, -0.15) is 0 Å². The van der Waals surface area contributed by atoms with Gasteiger partial charge in [0.05, 0.1) is 11.4 Å². The van der Waals surface area contributed by atoms with Crippen molar-refractivity contribution < 1.29 is 12.8 Å². The van der Waals surface area contributed by atoms with Gasteiger partial charge in [0.2, 0.25) is 10.0 Å². The highest BCUT2D eigenvalue weighted by Crippen LogP contribution is 2.18. The maximum absolute atomic E-state index is 12.3. The molecule has 0 aliphatic heterocycles. The number of hydrogen-bond acceptors (Lipinski definition) is 4. The molecule has 2 aromatic rings. The minimum Gasteiger partial charge on any atom is -0.465 e. The van der Waals surface area contributed by atoms with Crippen LogP contribution in [-0.2, 0) is 16.6 Å². The van der Waals surface area contributed by atoms with Crippen molar-refractivity contribution in [3.8, 4) is 0 Å². The molecule has 6 heteroatoms. The Balaban J connectivity index is 2.15. The quantitative estimate of drug-likeness (QED) is 0.858. The smallest absolute Gasteiger partial charge is 0.240 e. The highest BCUT2D eigenvalue weighted by molar-refractivity contribution is 7.89. The Bertz CT molecular complexity index is 707. The number of sulfonamides is 1. The first-order chi connectivity index (χ1) is 9.92. The average Bonchev–Trinajstić information content (AvgIpc) is 2.90. The van der Waals surface area contributed by atoms with Gasteiger partial charge in [0.25, 0.3) is 0 Å². The minimum atomic E-state index is -3.58. The van der Waals surface area contributed by atoms with E-state index in [4.69, 9.17) is 10.2 Å². The van der Waals surface area contributed by atoms with Crippen molar-refractivity contribution in [1.82, 2.24) is 4.72 Å². The highest BCUT2D eigenvalue weighted by Gasteiger charge is 2.16. The van der Waals surface area contributed by atoms with Gasteiger partial charge in [0.1, 0.15) is 11.5 Å². The van der Waals surface area contributed by atoms with Gasteiger partial charge in [-0.1, -0.05) is 19.1 Å². The lowest BCUT2D eigenvalue weighted by Crippen LogP contribution is -2.23. The molecule has 1 aromatic carbocycles. The zero-order valence-electron chi connectivity index (χ0n) is 12.2. The van der Waals surface area contributed by atoms with Gasteiger partial charge < -0.3 is 10.2 Å². The van der Waals surface area contributed by atoms with Gasteiger partial charge in [-0.3, -0.25) is 0 Å². The van der Waals surface area contributed by atoms with Crippen LogP contribution in [0, 0.1) is 6.92 Å². The molecule has 1 unspecified atom stereocenters. The van der Waals surface area contributed by atoms with Gasteiger partial charge in [0.15, 0.2) is 0 Å². The van der Waals surface area contributed by atoms with Crippen LogP contribution in [-0.4, -0.2) is 8.42 Å². The molecule has 5 nitrogen and oxygen atoms in total. The Kier molecular flexibility index (Phi) is 4.82. The fourth-order valence-electron chi connectivity index (χ4n) is 1.98. The molecule has 1 heterocycles. The summed E-state index contributed by atoms with van der Waals surface area (Å²) in [6.45, 7) is 3.90. The molecule has 0 aliphatic rings. The van der Waals surface area contributed by atoms with Crippen LogP contribution < -0.4 is 10.5 Å². The lowest BCUT2D eigenvalue weighted by Gasteiger charge is -2.11. The van der Waals surface area contributed by atoms with E-state index in [-0.39, 0.29) is 17.5 Å². The van der Waals surface area contributed by atoms with Crippen molar-refractivity contribution in [2.45, 2.75) is 37.8 Å². The first-order valence-electron chi connectivity index (χ1n) is 6.83. The van der Waals surface area contributed by atoms with Crippen LogP contribution in [0.1, 0.15) is 36.5 Å². The van der Waals surface area contributed by atoms with Crippen LogP contribution in [0.3, 0.4) is 0 Å². The second kappa shape index (κ2) is 6.43. The number of hydrogen-bond donors (Lipinski definition) is 2. The molecule has 0 radical (unpaired) electrons. The predicted octanol–water partition coefficient (Wildman–Crippen LogP) is 2.48. The molecule has 2 rings (SSSR count). The van der Waals surface area contributed by atoms with Crippen LogP contribution in [0.25, 0.3) is 0 Å². The van der Waals surface area contributed by atoms with Crippen molar-refractivity contribution in [1.29, 1.82) is 0 Å². The standard InChI is InChI=1S/C15H20N2O3S/c1-3-15(16)12-5-4-6-14(9-12)21(18,19)17-10-13-8-7-11(2)20-13/h4-9,15,17H,3,10,16H2,1-2H3. The molecule has 0 amide bonds. The Labute approximate surface area is 125 Å². The SMILES string of the molecule is CCC(N)c1cccc(S(=O)(=O)NCc2ccc(C)o2)c1. The monoisotopic (exact) mass is 308 g/mol. The summed E-state index contributed by atoms with van der Waals surface area (Å²) in [5.74, 6) is 1.33. The highest BCUT2D eigenvalue weighted by atomic mass is 32.2. The number of furan rings is 1. The average molecular weight is 308 g/mol. The first kappa shape index (κ1) is 15.8. The Hall–Kier alpha value is -1.63. The second-order valence-electron chi connectivity index (χ2n) is 4.92. The van der Waals surface area contributed by atoms with Crippen molar-refractivity contribution in [3.05, 3.63) is 53.5 Å². The van der Waals surface area contributed by atoms with E-state index in [2.05, 4.69) is 4.72 Å². The largest absolute Gasteiger partial charge is 0.465 e. The summed E-state index contributed by atoms with van der Waals surface area (Å²) in [7, 11) is -3.58. The minimum absolute atomic E-state index is 0.125. The van der Waals surface area contributed by atoms with Gasteiger partial charge in [0, 0.05) is 6.04 Å². The van der Waals surface area contributed by atoms with Crippen LogP contribution >= 0.6 is 0 Å². The Morgan fingerprint density at radius 2 is 2.05 bits per heavy atom. The fourth-order valence-corrected chi connectivity index (χ4v) is 3.03. The van der Waals surface area contributed by atoms with E-state index in [1.165, 1.54) is 0 Å². The van der Waals surface area contributed by atoms with E-state index in [0.717, 1.165) is 17.7 Å². The topological polar surface area (TPSA) is 85.3 Å². The molecule has 114 valence electrons. The molecule has 1 aromatic heterocycles. The van der Waals surface area contributed by atoms with Crippen LogP contribution in [0.5, 0.6) is 0 Å². The van der Waals surface area contributed by atoms with Crippen LogP contribution in [0.2, 0.25) is 0 Å². The number of nitrogens with two attached hydrogens (primary N) is 1. The second-order valence-corrected chi connectivity index (χ2v) is 6.69. The fraction of sp³-hybridized carbons (Fsp3) is 0.333. The third-order valence-corrected chi connectivity index (χ3v) is 4.67. The molecule has 1 atom stereocenters. The number of aryl methyl sites for hydroxylation is 1. The van der Waals surface area contributed by atoms with Gasteiger partial charge in [-0.15, -0.1) is 0 Å². The zero-order chi connectivity index (χ0) is 15.5. The van der Waals surface area contributed by atoms with Crippen LogP contribution in [0.15, 0.2) is 45.7 Å². The maximum Gasteiger partial charge on any atom is 0.240 e. The molecule has 0 saturated heterocycles. The molecule has 0 aliphatic carbocycles. The van der Waals surface area contributed by atoms with Gasteiger partial charge in [-0.25, -0.2) is 13.1 Å². The first-order valence-corrected chi connectivity index (χ1v) is 8.31. The van der Waals surface area contributed by atoms with E-state index in [1.807, 2.05) is 19.9 Å². The molecule has 0 bridgehead atoms. The lowest BCUT2D eigenvalue weighted by molar-refractivity contribution is 0.475. The third-order valence-electron chi connectivity index (χ3n) is 3.27. The summed E-state index contributed by atoms with van der Waals surface area (Å²) in [4.78, 5) is 0.215. The van der Waals surface area contributed by atoms with E-state index in [0.29, 0.717) is 5.76 Å². The molecular formula is C15H20N2O3S. The van der Waals surface area contributed by atoms with Crippen LogP contribution in [0.4, 0.5) is 0 Å². The molecule has 0 fully saturated rings. The molecule has 0 saturated carbocycles. The van der Waals surface area contributed by atoms with E-state index in [1.54, 1.807) is 30.3 Å². The Morgan fingerprint density at radius 3 is 2.67 bits per heavy atom.